The number of H-pyrrole nitrogens is 1. The molecule has 10 heteroatoms. The predicted molar refractivity (Wildman–Crippen MR) is 177 cm³/mol. The van der Waals surface area contributed by atoms with E-state index < -0.39 is 35.5 Å². The molecule has 6 atom stereocenters. The number of carbonyl (C=O) groups is 3. The zero-order valence-corrected chi connectivity index (χ0v) is 27.5. The monoisotopic (exact) mass is 637 g/mol. The van der Waals surface area contributed by atoms with Crippen molar-refractivity contribution >= 4 is 34.2 Å². The van der Waals surface area contributed by atoms with Gasteiger partial charge in [0.05, 0.1) is 5.92 Å². The van der Waals surface area contributed by atoms with Crippen molar-refractivity contribution in [3.8, 4) is 0 Å². The summed E-state index contributed by atoms with van der Waals surface area (Å²) < 4.78 is 6.34. The molecular weight excluding hydrogens is 594 g/mol. The van der Waals surface area contributed by atoms with Gasteiger partial charge >= 0.3 is 0 Å². The van der Waals surface area contributed by atoms with E-state index in [0.717, 1.165) is 29.5 Å². The Labute approximate surface area is 274 Å². The molecule has 3 aromatic rings. The highest BCUT2D eigenvalue weighted by molar-refractivity contribution is 6.02. The van der Waals surface area contributed by atoms with Crippen molar-refractivity contribution in [1.82, 2.24) is 25.0 Å². The Morgan fingerprint density at radius 1 is 1.13 bits per heavy atom. The highest BCUT2D eigenvalue weighted by Gasteiger charge is 2.70. The summed E-state index contributed by atoms with van der Waals surface area (Å²) in [5.74, 6) is -3.70. The number of likely N-dealkylation sites (N-methyl/N-ethyl adjacent to an activating group) is 1. The van der Waals surface area contributed by atoms with Gasteiger partial charge in [0.1, 0.15) is 12.1 Å². The van der Waals surface area contributed by atoms with Crippen LogP contribution in [0.1, 0.15) is 62.3 Å². The Balaban J connectivity index is 1.16. The lowest BCUT2D eigenvalue weighted by Crippen LogP contribution is -2.71. The average Bonchev–Trinajstić information content (AvgIpc) is 3.77. The van der Waals surface area contributed by atoms with Crippen LogP contribution in [0.2, 0.25) is 0 Å². The summed E-state index contributed by atoms with van der Waals surface area (Å²) in [4.78, 5) is 51.3. The Morgan fingerprint density at radius 2 is 1.91 bits per heavy atom. The number of carbonyl (C=O) groups excluding carboxylic acids is 3. The third-order valence-corrected chi connectivity index (χ3v) is 11.4. The molecule has 3 amide bonds. The zero-order chi connectivity index (χ0) is 32.8. The van der Waals surface area contributed by atoms with Gasteiger partial charge in [0.25, 0.3) is 11.8 Å². The van der Waals surface area contributed by atoms with E-state index in [1.54, 1.807) is 4.90 Å². The van der Waals surface area contributed by atoms with Crippen molar-refractivity contribution in [2.75, 3.05) is 20.1 Å². The van der Waals surface area contributed by atoms with E-state index in [1.165, 1.54) is 39.5 Å². The third kappa shape index (κ3) is 4.30. The first-order valence-electron chi connectivity index (χ1n) is 17.1. The molecular formula is C37H43N5O5. The summed E-state index contributed by atoms with van der Waals surface area (Å²) in [5.41, 5.74) is 6.19. The summed E-state index contributed by atoms with van der Waals surface area (Å²) in [5, 5.41) is 16.4. The molecule has 8 rings (SSSR count). The summed E-state index contributed by atoms with van der Waals surface area (Å²) >= 11 is 0. The fourth-order valence-electron chi connectivity index (χ4n) is 9.22. The SMILES string of the molecule is CCC1=C2c3c(CC)ccc4[nH]cc(c34)C[C@H]2N(C)C[C@@H]1C(=O)N[C@]1(C)O[C@@]2(O)[C@@H]3CCCN3C(=O)[C@H](Cc3ccccc3)N2C1=O. The van der Waals surface area contributed by atoms with E-state index in [9.17, 15) is 19.5 Å². The molecule has 4 aliphatic heterocycles. The molecule has 0 radical (unpaired) electrons. The fourth-order valence-corrected chi connectivity index (χ4v) is 9.22. The van der Waals surface area contributed by atoms with Gasteiger partial charge in [-0.05, 0) is 80.0 Å². The second-order valence-corrected chi connectivity index (χ2v) is 14.0. The Kier molecular flexibility index (Phi) is 6.95. The van der Waals surface area contributed by atoms with Crippen molar-refractivity contribution < 1.29 is 24.2 Å². The zero-order valence-electron chi connectivity index (χ0n) is 27.5. The number of amides is 3. The summed E-state index contributed by atoms with van der Waals surface area (Å²) in [6.07, 6.45) is 5.97. The number of aromatic amines is 1. The van der Waals surface area contributed by atoms with Crippen LogP contribution in [-0.4, -0.2) is 92.4 Å². The van der Waals surface area contributed by atoms with Crippen molar-refractivity contribution in [3.63, 3.8) is 0 Å². The minimum atomic E-state index is -2.05. The Morgan fingerprint density at radius 3 is 2.66 bits per heavy atom. The van der Waals surface area contributed by atoms with Gasteiger partial charge in [-0.25, -0.2) is 0 Å². The predicted octanol–water partition coefficient (Wildman–Crippen LogP) is 3.33. The number of benzene rings is 2. The quantitative estimate of drug-likeness (QED) is 0.382. The van der Waals surface area contributed by atoms with Gasteiger partial charge in [-0.2, -0.15) is 0 Å². The molecule has 2 aromatic carbocycles. The van der Waals surface area contributed by atoms with Gasteiger partial charge in [0, 0.05) is 42.7 Å². The fraction of sp³-hybridized carbons (Fsp3) is 0.486. The number of fused-ring (bicyclic) bond motifs is 5. The van der Waals surface area contributed by atoms with Crippen molar-refractivity contribution in [1.29, 1.82) is 0 Å². The Hall–Kier alpha value is -3.99. The molecule has 0 unspecified atom stereocenters. The highest BCUT2D eigenvalue weighted by atomic mass is 16.7. The number of nitrogens with zero attached hydrogens (tertiary/aromatic N) is 3. The van der Waals surface area contributed by atoms with Crippen molar-refractivity contribution in [2.24, 2.45) is 5.92 Å². The van der Waals surface area contributed by atoms with Crippen LogP contribution in [0.4, 0.5) is 0 Å². The van der Waals surface area contributed by atoms with E-state index in [1.807, 2.05) is 30.3 Å². The lowest BCUT2D eigenvalue weighted by molar-refractivity contribution is -0.315. The first-order valence-corrected chi connectivity index (χ1v) is 17.1. The normalized spacial score (nSPS) is 31.8. The van der Waals surface area contributed by atoms with Crippen LogP contribution >= 0.6 is 0 Å². The van der Waals surface area contributed by atoms with Crippen molar-refractivity contribution in [2.45, 2.75) is 89.1 Å². The van der Waals surface area contributed by atoms with Crippen LogP contribution in [0.5, 0.6) is 0 Å². The number of piperazine rings is 1. The maximum atomic E-state index is 14.5. The van der Waals surface area contributed by atoms with Gasteiger partial charge in [-0.15, -0.1) is 0 Å². The Bertz CT molecular complexity index is 1830. The van der Waals surface area contributed by atoms with E-state index >= 15 is 0 Å². The smallest absolute Gasteiger partial charge is 0.280 e. The van der Waals surface area contributed by atoms with Crippen LogP contribution < -0.4 is 5.32 Å². The lowest BCUT2D eigenvalue weighted by Gasteiger charge is -2.48. The maximum absolute atomic E-state index is 14.5. The van der Waals surface area contributed by atoms with Gasteiger partial charge in [0.2, 0.25) is 17.5 Å². The van der Waals surface area contributed by atoms with E-state index in [4.69, 9.17) is 4.74 Å². The number of aryl methyl sites for hydroxylation is 1. The number of hydrogen-bond acceptors (Lipinski definition) is 6. The summed E-state index contributed by atoms with van der Waals surface area (Å²) in [7, 11) is 2.07. The second kappa shape index (κ2) is 10.8. The minimum absolute atomic E-state index is 0.140. The maximum Gasteiger partial charge on any atom is 0.280 e. The van der Waals surface area contributed by atoms with Gasteiger partial charge < -0.3 is 20.3 Å². The number of hydrogen-bond donors (Lipinski definition) is 3. The highest BCUT2D eigenvalue weighted by Crippen LogP contribution is 2.48. The lowest BCUT2D eigenvalue weighted by atomic mass is 9.73. The molecule has 1 aliphatic carbocycles. The van der Waals surface area contributed by atoms with Gasteiger partial charge in [-0.1, -0.05) is 55.8 Å². The van der Waals surface area contributed by atoms with Crippen LogP contribution in [0, 0.1) is 5.92 Å². The molecule has 5 heterocycles. The van der Waals surface area contributed by atoms with E-state index in [0.29, 0.717) is 32.4 Å². The summed E-state index contributed by atoms with van der Waals surface area (Å²) in [6, 6.07) is 12.3. The van der Waals surface area contributed by atoms with Crippen LogP contribution in [0.25, 0.3) is 16.5 Å². The van der Waals surface area contributed by atoms with Crippen molar-refractivity contribution in [3.05, 3.63) is 76.5 Å². The van der Waals surface area contributed by atoms with Crippen LogP contribution in [-0.2, 0) is 38.4 Å². The number of ether oxygens (including phenoxy) is 1. The summed E-state index contributed by atoms with van der Waals surface area (Å²) in [6.45, 7) is 6.76. The molecule has 3 fully saturated rings. The third-order valence-electron chi connectivity index (χ3n) is 11.4. The molecule has 5 aliphatic rings. The number of aromatic nitrogens is 1. The molecule has 47 heavy (non-hydrogen) atoms. The largest absolute Gasteiger partial charge is 0.361 e. The molecule has 3 saturated heterocycles. The first-order chi connectivity index (χ1) is 22.6. The van der Waals surface area contributed by atoms with E-state index in [2.05, 4.69) is 54.4 Å². The van der Waals surface area contributed by atoms with E-state index in [-0.39, 0.29) is 24.3 Å². The number of nitrogens with one attached hydrogen (secondary N) is 2. The molecule has 0 saturated carbocycles. The second-order valence-electron chi connectivity index (χ2n) is 14.0. The number of aliphatic hydroxyl groups is 1. The first kappa shape index (κ1) is 30.4. The molecule has 3 N–H and O–H groups in total. The number of rotatable bonds is 6. The molecule has 0 spiro atoms. The van der Waals surface area contributed by atoms with Crippen LogP contribution in [0.15, 0.2) is 54.2 Å². The molecule has 1 aromatic heterocycles. The standard InChI is InChI=1S/C37H43N5O5/c1-5-22-14-15-26-30-23(19-38-26)18-27-32(31(22)30)24(6-2)25(20-40(27)4)33(43)39-36(3)35(45)42-28(17-21-11-8-7-9-12-21)34(44)41-16-10-13-29(41)37(42,46)47-36/h7-9,11-12,14-15,19,25,27-29,38,46H,5-6,10,13,16-18,20H2,1-4H3,(H,39,43)/t25-,27+,28-,29-,36+,37-/m0/s1. The average molecular weight is 638 g/mol. The van der Waals surface area contributed by atoms with Gasteiger partial charge in [-0.3, -0.25) is 28.9 Å². The minimum Gasteiger partial charge on any atom is -0.361 e. The topological polar surface area (TPSA) is 118 Å². The van der Waals surface area contributed by atoms with Gasteiger partial charge in [0.15, 0.2) is 0 Å². The molecule has 10 nitrogen and oxygen atoms in total. The molecule has 0 bridgehead atoms. The molecule has 246 valence electrons. The van der Waals surface area contributed by atoms with Crippen LogP contribution in [0.3, 0.4) is 0 Å².